The minimum absolute atomic E-state index is 0.0107. The van der Waals surface area contributed by atoms with Gasteiger partial charge in [0.15, 0.2) is 11.6 Å². The average Bonchev–Trinajstić information content (AvgIpc) is 3.06. The predicted octanol–water partition coefficient (Wildman–Crippen LogP) is 5.22. The van der Waals surface area contributed by atoms with Gasteiger partial charge in [-0.2, -0.15) is 0 Å². The number of rotatable bonds is 36. The molecule has 3 atom stereocenters. The first-order chi connectivity index (χ1) is 23.5. The number of nitrogens with one attached hydrogen (secondary N) is 2. The van der Waals surface area contributed by atoms with Crippen molar-refractivity contribution in [1.82, 2.24) is 10.6 Å². The van der Waals surface area contributed by atoms with Crippen LogP contribution in [0.5, 0.6) is 0 Å². The highest BCUT2D eigenvalue weighted by Crippen LogP contribution is 2.17. The summed E-state index contributed by atoms with van der Waals surface area (Å²) in [6.45, 7) is 1.81. The van der Waals surface area contributed by atoms with E-state index < -0.39 is 29.9 Å². The molecule has 0 rings (SSSR count). The topological polar surface area (TPSA) is 219 Å². The van der Waals surface area contributed by atoms with Gasteiger partial charge in [0.2, 0.25) is 5.91 Å². The largest absolute Gasteiger partial charge is 0.481 e. The summed E-state index contributed by atoms with van der Waals surface area (Å²) in [6.07, 6.45) is 20.6. The van der Waals surface area contributed by atoms with Crippen molar-refractivity contribution in [1.29, 1.82) is 0 Å². The van der Waals surface area contributed by atoms with Crippen LogP contribution in [0, 0.1) is 5.92 Å². The molecule has 12 heteroatoms. The molecule has 0 unspecified atom stereocenters. The highest BCUT2D eigenvalue weighted by atomic mass is 16.4. The van der Waals surface area contributed by atoms with Crippen LogP contribution in [0.1, 0.15) is 161 Å². The van der Waals surface area contributed by atoms with Crippen LogP contribution in [-0.4, -0.2) is 77.1 Å². The van der Waals surface area contributed by atoms with Crippen molar-refractivity contribution >= 4 is 35.2 Å². The summed E-state index contributed by atoms with van der Waals surface area (Å²) in [5.41, 5.74) is 11.0. The lowest BCUT2D eigenvalue weighted by Gasteiger charge is -2.17. The lowest BCUT2D eigenvalue weighted by molar-refractivity contribution is -0.144. The van der Waals surface area contributed by atoms with E-state index in [1.54, 1.807) is 6.92 Å². The Morgan fingerprint density at radius 3 is 1.55 bits per heavy atom. The second-order valence-corrected chi connectivity index (χ2v) is 13.6. The van der Waals surface area contributed by atoms with Crippen LogP contribution in [0.25, 0.3) is 0 Å². The Hall–Kier alpha value is -2.70. The van der Waals surface area contributed by atoms with Gasteiger partial charge >= 0.3 is 11.9 Å². The van der Waals surface area contributed by atoms with E-state index in [0.717, 1.165) is 44.9 Å². The Morgan fingerprint density at radius 1 is 0.612 bits per heavy atom. The molecule has 0 aromatic heterocycles. The number of aliphatic carboxylic acids is 2. The second-order valence-electron chi connectivity index (χ2n) is 13.6. The van der Waals surface area contributed by atoms with E-state index in [2.05, 4.69) is 10.6 Å². The summed E-state index contributed by atoms with van der Waals surface area (Å²) in [6, 6.07) is -1.17. The number of Topliss-reactive ketones (excluding diaryl/α,β-unsaturated/α-hetero) is 3. The first kappa shape index (κ1) is 46.3. The smallest absolute Gasteiger partial charge is 0.306 e. The third-order valence-corrected chi connectivity index (χ3v) is 9.00. The van der Waals surface area contributed by atoms with Crippen molar-refractivity contribution in [3.63, 3.8) is 0 Å². The lowest BCUT2D eigenvalue weighted by Crippen LogP contribution is -2.45. The van der Waals surface area contributed by atoms with Gasteiger partial charge < -0.3 is 32.3 Å². The van der Waals surface area contributed by atoms with Crippen LogP contribution >= 0.6 is 0 Å². The van der Waals surface area contributed by atoms with Gasteiger partial charge in [-0.15, -0.1) is 0 Å². The molecular weight excluding hydrogens is 628 g/mol. The van der Waals surface area contributed by atoms with Gasteiger partial charge in [0, 0.05) is 32.2 Å². The van der Waals surface area contributed by atoms with Crippen molar-refractivity contribution in [3.05, 3.63) is 0 Å². The molecule has 284 valence electrons. The summed E-state index contributed by atoms with van der Waals surface area (Å²) in [4.78, 5) is 70.7. The Morgan fingerprint density at radius 2 is 1.10 bits per heavy atom. The van der Waals surface area contributed by atoms with E-state index in [0.29, 0.717) is 32.2 Å². The third-order valence-electron chi connectivity index (χ3n) is 9.00. The molecule has 12 nitrogen and oxygen atoms in total. The standard InChI is InChI=1S/C37H68N4O8/c1-29(39)34(44)28-41-32(33(43)27-38)21-18-19-25-40-35(45)24-23-30(37(48)49)26-31(42)20-16-14-12-10-8-6-4-2-3-5-7-9-11-13-15-17-22-36(46)47/h29-30,32,41H,2-28,38-39H2,1H3,(H,40,45)(H,46,47)(H,48,49)/t29-,30+,32-/m0/s1. The number of nitrogens with two attached hydrogens (primary N) is 2. The summed E-state index contributed by atoms with van der Waals surface area (Å²) >= 11 is 0. The van der Waals surface area contributed by atoms with E-state index in [-0.39, 0.29) is 62.0 Å². The number of carboxylic acid groups (broad SMARTS) is 2. The number of amides is 1. The highest BCUT2D eigenvalue weighted by molar-refractivity contribution is 5.88. The summed E-state index contributed by atoms with van der Waals surface area (Å²) in [5, 5.41) is 23.9. The number of unbranched alkanes of at least 4 members (excludes halogenated alkanes) is 16. The van der Waals surface area contributed by atoms with Crippen molar-refractivity contribution in [2.75, 3.05) is 19.6 Å². The fourth-order valence-electron chi connectivity index (χ4n) is 5.76. The van der Waals surface area contributed by atoms with Crippen LogP contribution in [-0.2, 0) is 28.8 Å². The van der Waals surface area contributed by atoms with E-state index in [4.69, 9.17) is 16.6 Å². The van der Waals surface area contributed by atoms with Gasteiger partial charge in [0.25, 0.3) is 0 Å². The monoisotopic (exact) mass is 697 g/mol. The predicted molar refractivity (Wildman–Crippen MR) is 192 cm³/mol. The molecule has 0 aromatic rings. The summed E-state index contributed by atoms with van der Waals surface area (Å²) in [5.74, 6) is -3.36. The molecular formula is C37H68N4O8. The molecule has 0 aliphatic rings. The third kappa shape index (κ3) is 28.8. The molecule has 0 aromatic carbocycles. The molecule has 0 saturated carbocycles. The normalized spacial score (nSPS) is 13.0. The molecule has 1 amide bonds. The average molecular weight is 697 g/mol. The Balaban J connectivity index is 3.88. The molecule has 8 N–H and O–H groups in total. The molecule has 49 heavy (non-hydrogen) atoms. The zero-order valence-electron chi connectivity index (χ0n) is 30.3. The van der Waals surface area contributed by atoms with Gasteiger partial charge in [0.1, 0.15) is 5.78 Å². The zero-order valence-corrected chi connectivity index (χ0v) is 30.3. The highest BCUT2D eigenvalue weighted by Gasteiger charge is 2.22. The minimum Gasteiger partial charge on any atom is -0.481 e. The SMILES string of the molecule is C[C@H](N)C(=O)CN[C@@H](CCCCNC(=O)CC[C@H](CC(=O)CCCCCCCCCCCCCCCCCCC(=O)O)C(=O)O)C(=O)CN. The molecule has 0 bridgehead atoms. The van der Waals surface area contributed by atoms with Gasteiger partial charge in [0.05, 0.1) is 31.1 Å². The van der Waals surface area contributed by atoms with Crippen LogP contribution < -0.4 is 22.1 Å². The zero-order chi connectivity index (χ0) is 36.7. The van der Waals surface area contributed by atoms with E-state index in [9.17, 15) is 33.9 Å². The molecule has 0 radical (unpaired) electrons. The summed E-state index contributed by atoms with van der Waals surface area (Å²) in [7, 11) is 0. The molecule has 0 aliphatic carbocycles. The van der Waals surface area contributed by atoms with Crippen molar-refractivity contribution < 1.29 is 39.0 Å². The number of carboxylic acids is 2. The second kappa shape index (κ2) is 31.3. The number of carbonyl (C=O) groups excluding carboxylic acids is 4. The maximum Gasteiger partial charge on any atom is 0.306 e. The number of ketones is 3. The maximum atomic E-state index is 12.4. The number of hydrogen-bond donors (Lipinski definition) is 6. The fourth-order valence-corrected chi connectivity index (χ4v) is 5.76. The van der Waals surface area contributed by atoms with Crippen LogP contribution in [0.15, 0.2) is 0 Å². The quantitative estimate of drug-likeness (QED) is 0.0466. The Kier molecular flexibility index (Phi) is 29.6. The Labute approximate surface area is 294 Å². The van der Waals surface area contributed by atoms with E-state index >= 15 is 0 Å². The number of hydrogen-bond acceptors (Lipinski definition) is 9. The first-order valence-corrected chi connectivity index (χ1v) is 18.9. The molecule has 0 fully saturated rings. The van der Waals surface area contributed by atoms with Crippen molar-refractivity contribution in [2.24, 2.45) is 17.4 Å². The molecule has 0 heterocycles. The first-order valence-electron chi connectivity index (χ1n) is 18.9. The Bertz CT molecular complexity index is 943. The minimum atomic E-state index is -1.06. The van der Waals surface area contributed by atoms with Gasteiger partial charge in [-0.1, -0.05) is 89.9 Å². The number of carbonyl (C=O) groups is 6. The van der Waals surface area contributed by atoms with Crippen molar-refractivity contribution in [3.8, 4) is 0 Å². The fraction of sp³-hybridized carbons (Fsp3) is 0.838. The molecule has 0 saturated heterocycles. The van der Waals surface area contributed by atoms with Gasteiger partial charge in [-0.05, 0) is 45.4 Å². The van der Waals surface area contributed by atoms with Gasteiger partial charge in [-0.3, -0.25) is 28.8 Å². The van der Waals surface area contributed by atoms with E-state index in [1.165, 1.54) is 57.8 Å². The van der Waals surface area contributed by atoms with Crippen LogP contribution in [0.4, 0.5) is 0 Å². The summed E-state index contributed by atoms with van der Waals surface area (Å²) < 4.78 is 0. The lowest BCUT2D eigenvalue weighted by atomic mass is 9.94. The van der Waals surface area contributed by atoms with Gasteiger partial charge in [-0.25, -0.2) is 0 Å². The van der Waals surface area contributed by atoms with Crippen molar-refractivity contribution in [2.45, 2.75) is 173 Å². The van der Waals surface area contributed by atoms with Crippen LogP contribution in [0.3, 0.4) is 0 Å². The molecule has 0 spiro atoms. The molecule has 0 aliphatic heterocycles. The van der Waals surface area contributed by atoms with Crippen LogP contribution in [0.2, 0.25) is 0 Å². The van der Waals surface area contributed by atoms with E-state index in [1.807, 2.05) is 0 Å². The maximum absolute atomic E-state index is 12.4.